The van der Waals surface area contributed by atoms with Gasteiger partial charge in [0.1, 0.15) is 11.9 Å². The molecule has 0 spiro atoms. The first kappa shape index (κ1) is 12.8. The van der Waals surface area contributed by atoms with Gasteiger partial charge in [0.05, 0.1) is 5.56 Å². The van der Waals surface area contributed by atoms with Crippen molar-refractivity contribution in [2.24, 2.45) is 5.41 Å². The Morgan fingerprint density at radius 3 is 2.94 bits per heavy atom. The van der Waals surface area contributed by atoms with E-state index in [0.717, 1.165) is 25.2 Å². The zero-order valence-electron chi connectivity index (χ0n) is 10.8. The van der Waals surface area contributed by atoms with Crippen molar-refractivity contribution in [1.82, 2.24) is 5.32 Å². The minimum absolute atomic E-state index is 0.0896. The zero-order chi connectivity index (χ0) is 13.2. The number of anilines is 1. The summed E-state index contributed by atoms with van der Waals surface area (Å²) in [5.41, 5.74) is 1.04. The van der Waals surface area contributed by atoms with E-state index >= 15 is 0 Å². The summed E-state index contributed by atoms with van der Waals surface area (Å²) in [6, 6.07) is 6.80. The average Bonchev–Trinajstić information content (AvgIpc) is 2.34. The highest BCUT2D eigenvalue weighted by Gasteiger charge is 2.32. The van der Waals surface area contributed by atoms with Gasteiger partial charge in [-0.05, 0) is 36.6 Å². The Bertz CT molecular complexity index is 476. The number of nitrogens with one attached hydrogen (secondary N) is 2. The summed E-state index contributed by atoms with van der Waals surface area (Å²) in [4.78, 5) is 0. The van der Waals surface area contributed by atoms with Crippen LogP contribution in [-0.4, -0.2) is 19.1 Å². The molecule has 3 nitrogen and oxygen atoms in total. The Morgan fingerprint density at radius 2 is 2.28 bits per heavy atom. The van der Waals surface area contributed by atoms with E-state index in [2.05, 4.69) is 24.5 Å². The van der Waals surface area contributed by atoms with Gasteiger partial charge < -0.3 is 10.6 Å². The second-order valence-corrected chi connectivity index (χ2v) is 5.46. The molecule has 1 unspecified atom stereocenters. The molecule has 1 atom stereocenters. The molecular weight excluding hydrogens is 229 g/mol. The fourth-order valence-corrected chi connectivity index (χ4v) is 2.34. The Kier molecular flexibility index (Phi) is 3.53. The molecule has 1 saturated heterocycles. The van der Waals surface area contributed by atoms with Gasteiger partial charge in [-0.1, -0.05) is 13.8 Å². The Balaban J connectivity index is 2.16. The van der Waals surface area contributed by atoms with Crippen LogP contribution in [0.25, 0.3) is 0 Å². The number of piperidine rings is 1. The highest BCUT2D eigenvalue weighted by molar-refractivity contribution is 5.50. The lowest BCUT2D eigenvalue weighted by molar-refractivity contribution is 0.236. The minimum Gasteiger partial charge on any atom is -0.382 e. The second-order valence-electron chi connectivity index (χ2n) is 5.46. The molecule has 0 saturated carbocycles. The van der Waals surface area contributed by atoms with E-state index in [1.54, 1.807) is 12.1 Å². The SMILES string of the molecule is CC1(C)CNCCC1Nc1ccc(F)c(C#N)c1. The minimum atomic E-state index is -0.465. The summed E-state index contributed by atoms with van der Waals surface area (Å²) < 4.78 is 13.2. The fourth-order valence-electron chi connectivity index (χ4n) is 2.34. The molecule has 0 aliphatic carbocycles. The highest BCUT2D eigenvalue weighted by atomic mass is 19.1. The second kappa shape index (κ2) is 4.95. The maximum absolute atomic E-state index is 13.2. The van der Waals surface area contributed by atoms with E-state index in [4.69, 9.17) is 5.26 Å². The first-order valence-electron chi connectivity index (χ1n) is 6.20. The first-order chi connectivity index (χ1) is 8.53. The van der Waals surface area contributed by atoms with Crippen LogP contribution in [-0.2, 0) is 0 Å². The van der Waals surface area contributed by atoms with Crippen LogP contribution in [0, 0.1) is 22.6 Å². The van der Waals surface area contributed by atoms with Crippen molar-refractivity contribution in [3.8, 4) is 6.07 Å². The molecule has 1 aromatic carbocycles. The molecular formula is C14H18FN3. The summed E-state index contributed by atoms with van der Waals surface area (Å²) in [5, 5.41) is 15.6. The normalized spacial score (nSPS) is 22.2. The topological polar surface area (TPSA) is 47.8 Å². The molecule has 4 heteroatoms. The lowest BCUT2D eigenvalue weighted by atomic mass is 9.80. The number of nitrogens with zero attached hydrogens (tertiary/aromatic N) is 1. The van der Waals surface area contributed by atoms with E-state index in [9.17, 15) is 4.39 Å². The molecule has 1 aromatic rings. The molecule has 0 bridgehead atoms. The van der Waals surface area contributed by atoms with E-state index in [0.29, 0.717) is 6.04 Å². The molecule has 2 rings (SSSR count). The maximum atomic E-state index is 13.2. The van der Waals surface area contributed by atoms with Gasteiger partial charge in [0.2, 0.25) is 0 Å². The maximum Gasteiger partial charge on any atom is 0.141 e. The lowest BCUT2D eigenvalue weighted by Crippen LogP contribution is -2.49. The molecule has 1 fully saturated rings. The van der Waals surface area contributed by atoms with Gasteiger partial charge in [0.25, 0.3) is 0 Å². The molecule has 96 valence electrons. The molecule has 1 aliphatic rings. The quantitative estimate of drug-likeness (QED) is 0.844. The van der Waals surface area contributed by atoms with Crippen molar-refractivity contribution in [2.75, 3.05) is 18.4 Å². The Labute approximate surface area is 107 Å². The summed E-state index contributed by atoms with van der Waals surface area (Å²) in [7, 11) is 0. The van der Waals surface area contributed by atoms with Gasteiger partial charge in [-0.2, -0.15) is 5.26 Å². The van der Waals surface area contributed by atoms with Gasteiger partial charge in [0, 0.05) is 18.3 Å². The fraction of sp³-hybridized carbons (Fsp3) is 0.500. The van der Waals surface area contributed by atoms with Crippen LogP contribution in [0.1, 0.15) is 25.8 Å². The van der Waals surface area contributed by atoms with Gasteiger partial charge in [0.15, 0.2) is 0 Å². The number of rotatable bonds is 2. The number of nitriles is 1. The van der Waals surface area contributed by atoms with Gasteiger partial charge in [-0.25, -0.2) is 4.39 Å². The van der Waals surface area contributed by atoms with Crippen LogP contribution in [0.3, 0.4) is 0 Å². The third-order valence-corrected chi connectivity index (χ3v) is 3.56. The van der Waals surface area contributed by atoms with Gasteiger partial charge in [-0.15, -0.1) is 0 Å². The number of hydrogen-bond donors (Lipinski definition) is 2. The molecule has 2 N–H and O–H groups in total. The van der Waals surface area contributed by atoms with Gasteiger partial charge >= 0.3 is 0 Å². The van der Waals surface area contributed by atoms with Crippen LogP contribution < -0.4 is 10.6 Å². The smallest absolute Gasteiger partial charge is 0.141 e. The number of benzene rings is 1. The van der Waals surface area contributed by atoms with Crippen LogP contribution in [0.4, 0.5) is 10.1 Å². The van der Waals surface area contributed by atoms with Crippen molar-refractivity contribution in [1.29, 1.82) is 5.26 Å². The number of halogens is 1. The monoisotopic (exact) mass is 247 g/mol. The predicted molar refractivity (Wildman–Crippen MR) is 69.8 cm³/mol. The molecule has 0 radical (unpaired) electrons. The Morgan fingerprint density at radius 1 is 1.50 bits per heavy atom. The van der Waals surface area contributed by atoms with Crippen LogP contribution >= 0.6 is 0 Å². The van der Waals surface area contributed by atoms with Crippen LogP contribution in [0.5, 0.6) is 0 Å². The largest absolute Gasteiger partial charge is 0.382 e. The highest BCUT2D eigenvalue weighted by Crippen LogP contribution is 2.28. The third-order valence-electron chi connectivity index (χ3n) is 3.56. The van der Waals surface area contributed by atoms with E-state index in [-0.39, 0.29) is 11.0 Å². The molecule has 0 aromatic heterocycles. The van der Waals surface area contributed by atoms with Crippen LogP contribution in [0.2, 0.25) is 0 Å². The zero-order valence-corrected chi connectivity index (χ0v) is 10.8. The molecule has 1 aliphatic heterocycles. The van der Waals surface area contributed by atoms with Gasteiger partial charge in [-0.3, -0.25) is 0 Å². The van der Waals surface area contributed by atoms with Crippen molar-refractivity contribution in [3.63, 3.8) is 0 Å². The molecule has 1 heterocycles. The predicted octanol–water partition coefficient (Wildman–Crippen LogP) is 2.50. The van der Waals surface area contributed by atoms with E-state index in [1.807, 2.05) is 6.07 Å². The summed E-state index contributed by atoms with van der Waals surface area (Å²) in [6.45, 7) is 6.33. The van der Waals surface area contributed by atoms with Crippen molar-refractivity contribution >= 4 is 5.69 Å². The van der Waals surface area contributed by atoms with Crippen molar-refractivity contribution in [2.45, 2.75) is 26.3 Å². The van der Waals surface area contributed by atoms with E-state index in [1.165, 1.54) is 6.07 Å². The average molecular weight is 247 g/mol. The lowest BCUT2D eigenvalue weighted by Gasteiger charge is -2.40. The summed E-state index contributed by atoms with van der Waals surface area (Å²) in [6.07, 6.45) is 1.02. The summed E-state index contributed by atoms with van der Waals surface area (Å²) >= 11 is 0. The van der Waals surface area contributed by atoms with Crippen molar-refractivity contribution < 1.29 is 4.39 Å². The first-order valence-corrected chi connectivity index (χ1v) is 6.20. The molecule has 0 amide bonds. The molecule has 18 heavy (non-hydrogen) atoms. The standard InChI is InChI=1S/C14H18FN3/c1-14(2)9-17-6-5-13(14)18-11-3-4-12(15)10(7-11)8-16/h3-4,7,13,17-18H,5-6,9H2,1-2H3. The summed E-state index contributed by atoms with van der Waals surface area (Å²) in [5.74, 6) is -0.465. The number of hydrogen-bond acceptors (Lipinski definition) is 3. The Hall–Kier alpha value is -1.60. The third kappa shape index (κ3) is 2.62. The van der Waals surface area contributed by atoms with E-state index < -0.39 is 5.82 Å². The van der Waals surface area contributed by atoms with Crippen LogP contribution in [0.15, 0.2) is 18.2 Å². The van der Waals surface area contributed by atoms with Crippen molar-refractivity contribution in [3.05, 3.63) is 29.6 Å².